The smallest absolute Gasteiger partial charge is 0.320 e. The molecule has 1 aliphatic carbocycles. The van der Waals surface area contributed by atoms with Crippen LogP contribution in [-0.4, -0.2) is 36.4 Å². The average molecular weight is 255 g/mol. The highest BCUT2D eigenvalue weighted by molar-refractivity contribution is 5.73. The number of carbonyl (C=O) groups is 1. The molecule has 0 aromatic carbocycles. The van der Waals surface area contributed by atoms with Crippen molar-refractivity contribution in [1.82, 2.24) is 5.32 Å². The second-order valence-corrected chi connectivity index (χ2v) is 5.88. The van der Waals surface area contributed by atoms with Crippen LogP contribution in [0, 0.1) is 11.8 Å². The summed E-state index contributed by atoms with van der Waals surface area (Å²) in [6.45, 7) is 3.76. The van der Waals surface area contributed by atoms with Crippen molar-refractivity contribution in [3.8, 4) is 0 Å². The zero-order valence-corrected chi connectivity index (χ0v) is 11.2. The Labute approximate surface area is 109 Å². The van der Waals surface area contributed by atoms with E-state index in [0.29, 0.717) is 12.5 Å². The van der Waals surface area contributed by atoms with E-state index >= 15 is 0 Å². The van der Waals surface area contributed by atoms with Crippen molar-refractivity contribution in [3.63, 3.8) is 0 Å². The fourth-order valence-corrected chi connectivity index (χ4v) is 3.14. The molecule has 4 heteroatoms. The molecule has 0 aromatic rings. The van der Waals surface area contributed by atoms with E-state index in [1.165, 1.54) is 0 Å². The van der Waals surface area contributed by atoms with Crippen LogP contribution < -0.4 is 5.32 Å². The minimum absolute atomic E-state index is 0.217. The minimum atomic E-state index is -0.701. The number of aliphatic carboxylic acids is 1. The van der Waals surface area contributed by atoms with Gasteiger partial charge in [0.1, 0.15) is 6.04 Å². The fourth-order valence-electron chi connectivity index (χ4n) is 3.14. The Morgan fingerprint density at radius 3 is 2.61 bits per heavy atom. The van der Waals surface area contributed by atoms with Crippen LogP contribution in [0.4, 0.5) is 0 Å². The van der Waals surface area contributed by atoms with Gasteiger partial charge >= 0.3 is 5.97 Å². The highest BCUT2D eigenvalue weighted by atomic mass is 16.5. The minimum Gasteiger partial charge on any atom is -0.480 e. The molecule has 18 heavy (non-hydrogen) atoms. The van der Waals surface area contributed by atoms with Gasteiger partial charge in [-0.2, -0.15) is 0 Å². The SMILES string of the molecule is CC1CCC(C(NCC2CCCO2)C(=O)O)CC1. The van der Waals surface area contributed by atoms with Gasteiger partial charge in [-0.05, 0) is 37.5 Å². The summed E-state index contributed by atoms with van der Waals surface area (Å²) in [5.74, 6) is 0.349. The lowest BCUT2D eigenvalue weighted by Gasteiger charge is -2.31. The lowest BCUT2D eigenvalue weighted by molar-refractivity contribution is -0.141. The molecule has 1 saturated carbocycles. The monoisotopic (exact) mass is 255 g/mol. The Bertz CT molecular complexity index is 268. The van der Waals surface area contributed by atoms with Crippen molar-refractivity contribution in [1.29, 1.82) is 0 Å². The molecule has 2 aliphatic rings. The van der Waals surface area contributed by atoms with Crippen LogP contribution in [0.1, 0.15) is 45.4 Å². The lowest BCUT2D eigenvalue weighted by Crippen LogP contribution is -2.46. The van der Waals surface area contributed by atoms with E-state index in [4.69, 9.17) is 4.74 Å². The molecular weight excluding hydrogens is 230 g/mol. The van der Waals surface area contributed by atoms with E-state index in [1.807, 2.05) is 0 Å². The van der Waals surface area contributed by atoms with E-state index in [-0.39, 0.29) is 12.1 Å². The van der Waals surface area contributed by atoms with Crippen molar-refractivity contribution in [2.24, 2.45) is 11.8 Å². The first kappa shape index (κ1) is 13.8. The first-order valence-corrected chi connectivity index (χ1v) is 7.24. The van der Waals surface area contributed by atoms with Gasteiger partial charge < -0.3 is 15.2 Å². The summed E-state index contributed by atoms with van der Waals surface area (Å²) in [7, 11) is 0. The first-order valence-electron chi connectivity index (χ1n) is 7.24. The number of ether oxygens (including phenoxy) is 1. The zero-order valence-electron chi connectivity index (χ0n) is 11.2. The van der Waals surface area contributed by atoms with Crippen molar-refractivity contribution >= 4 is 5.97 Å². The van der Waals surface area contributed by atoms with Gasteiger partial charge in [0, 0.05) is 13.2 Å². The quantitative estimate of drug-likeness (QED) is 0.789. The number of hydrogen-bond acceptors (Lipinski definition) is 3. The number of hydrogen-bond donors (Lipinski definition) is 2. The van der Waals surface area contributed by atoms with Gasteiger partial charge in [0.05, 0.1) is 6.10 Å². The van der Waals surface area contributed by atoms with Crippen LogP contribution in [-0.2, 0) is 9.53 Å². The molecule has 1 heterocycles. The predicted molar refractivity (Wildman–Crippen MR) is 69.5 cm³/mol. The van der Waals surface area contributed by atoms with Crippen LogP contribution in [0.25, 0.3) is 0 Å². The van der Waals surface area contributed by atoms with E-state index in [2.05, 4.69) is 12.2 Å². The summed E-state index contributed by atoms with van der Waals surface area (Å²) < 4.78 is 5.53. The van der Waals surface area contributed by atoms with Crippen LogP contribution in [0.2, 0.25) is 0 Å². The number of carboxylic acid groups (broad SMARTS) is 1. The highest BCUT2D eigenvalue weighted by Gasteiger charge is 2.31. The summed E-state index contributed by atoms with van der Waals surface area (Å²) in [5, 5.41) is 12.6. The molecule has 2 rings (SSSR count). The maximum atomic E-state index is 11.4. The van der Waals surface area contributed by atoms with Gasteiger partial charge in [-0.3, -0.25) is 4.79 Å². The van der Waals surface area contributed by atoms with E-state index < -0.39 is 5.97 Å². The van der Waals surface area contributed by atoms with Gasteiger partial charge in [-0.25, -0.2) is 0 Å². The molecule has 2 unspecified atom stereocenters. The number of nitrogens with one attached hydrogen (secondary N) is 1. The summed E-state index contributed by atoms with van der Waals surface area (Å²) in [6.07, 6.45) is 6.78. The van der Waals surface area contributed by atoms with Crippen LogP contribution in [0.15, 0.2) is 0 Å². The number of rotatable bonds is 5. The predicted octanol–water partition coefficient (Wildman–Crippen LogP) is 2.03. The molecule has 1 saturated heterocycles. The van der Waals surface area contributed by atoms with Crippen molar-refractivity contribution in [3.05, 3.63) is 0 Å². The molecule has 0 radical (unpaired) electrons. The second kappa shape index (κ2) is 6.53. The standard InChI is InChI=1S/C14H25NO3/c1-10-4-6-11(7-5-10)13(14(16)17)15-9-12-3-2-8-18-12/h10-13,15H,2-9H2,1H3,(H,16,17). The highest BCUT2D eigenvalue weighted by Crippen LogP contribution is 2.30. The van der Waals surface area contributed by atoms with Crippen LogP contribution >= 0.6 is 0 Å². The normalized spacial score (nSPS) is 34.4. The zero-order chi connectivity index (χ0) is 13.0. The first-order chi connectivity index (χ1) is 8.66. The molecule has 0 bridgehead atoms. The van der Waals surface area contributed by atoms with E-state index in [1.54, 1.807) is 0 Å². The fraction of sp³-hybridized carbons (Fsp3) is 0.929. The Morgan fingerprint density at radius 2 is 2.06 bits per heavy atom. The molecule has 104 valence electrons. The van der Waals surface area contributed by atoms with E-state index in [0.717, 1.165) is 51.0 Å². The Hall–Kier alpha value is -0.610. The Morgan fingerprint density at radius 1 is 1.33 bits per heavy atom. The van der Waals surface area contributed by atoms with Crippen LogP contribution in [0.5, 0.6) is 0 Å². The molecule has 4 nitrogen and oxygen atoms in total. The second-order valence-electron chi connectivity index (χ2n) is 5.88. The van der Waals surface area contributed by atoms with Gasteiger partial charge in [0.2, 0.25) is 0 Å². The topological polar surface area (TPSA) is 58.6 Å². The van der Waals surface area contributed by atoms with Gasteiger partial charge in [-0.1, -0.05) is 19.8 Å². The summed E-state index contributed by atoms with van der Waals surface area (Å²) >= 11 is 0. The van der Waals surface area contributed by atoms with Gasteiger partial charge in [0.15, 0.2) is 0 Å². The molecule has 1 aliphatic heterocycles. The molecule has 0 amide bonds. The molecular formula is C14H25NO3. The maximum Gasteiger partial charge on any atom is 0.320 e. The third kappa shape index (κ3) is 3.69. The molecule has 2 N–H and O–H groups in total. The number of carboxylic acids is 1. The molecule has 0 aromatic heterocycles. The van der Waals surface area contributed by atoms with Crippen LogP contribution in [0.3, 0.4) is 0 Å². The maximum absolute atomic E-state index is 11.4. The summed E-state index contributed by atoms with van der Waals surface area (Å²) in [4.78, 5) is 11.4. The molecule has 0 spiro atoms. The van der Waals surface area contributed by atoms with E-state index in [9.17, 15) is 9.90 Å². The largest absolute Gasteiger partial charge is 0.480 e. The lowest BCUT2D eigenvalue weighted by atomic mass is 9.79. The van der Waals surface area contributed by atoms with Gasteiger partial charge in [0.25, 0.3) is 0 Å². The van der Waals surface area contributed by atoms with Crippen molar-refractivity contribution in [2.45, 2.75) is 57.6 Å². The van der Waals surface area contributed by atoms with Crippen molar-refractivity contribution in [2.75, 3.05) is 13.2 Å². The Balaban J connectivity index is 1.81. The Kier molecular flexibility index (Phi) is 5.01. The third-order valence-electron chi connectivity index (χ3n) is 4.39. The third-order valence-corrected chi connectivity index (χ3v) is 4.39. The van der Waals surface area contributed by atoms with Gasteiger partial charge in [-0.15, -0.1) is 0 Å². The summed E-state index contributed by atoms with van der Waals surface area (Å²) in [5.41, 5.74) is 0. The summed E-state index contributed by atoms with van der Waals surface area (Å²) in [6, 6.07) is -0.387. The molecule has 2 fully saturated rings. The van der Waals surface area contributed by atoms with Crippen molar-refractivity contribution < 1.29 is 14.6 Å². The average Bonchev–Trinajstić information content (AvgIpc) is 2.84. The molecule has 2 atom stereocenters.